The van der Waals surface area contributed by atoms with E-state index < -0.39 is 4.92 Å². The molecule has 2 rings (SSSR count). The monoisotopic (exact) mass is 335 g/mol. The number of ether oxygens (including phenoxy) is 2. The first-order valence-electron chi connectivity index (χ1n) is 7.55. The molecule has 0 bridgehead atoms. The summed E-state index contributed by atoms with van der Waals surface area (Å²) in [4.78, 5) is 22.7. The summed E-state index contributed by atoms with van der Waals surface area (Å²) in [7, 11) is 3.24. The Hall–Kier alpha value is -2.45. The number of methoxy groups -OCH3 is 1. The minimum Gasteiger partial charge on any atom is -0.382 e. The first-order valence-corrected chi connectivity index (χ1v) is 7.55. The molecule has 24 heavy (non-hydrogen) atoms. The number of hydrogen-bond donors (Lipinski definition) is 1. The number of fused-ring (bicyclic) bond motifs is 1. The average molecular weight is 335 g/mol. The molecule has 1 heterocycles. The topological polar surface area (TPSA) is 95.6 Å². The van der Waals surface area contributed by atoms with Crippen LogP contribution >= 0.6 is 0 Å². The number of rotatable bonds is 8. The van der Waals surface area contributed by atoms with Gasteiger partial charge in [0.2, 0.25) is 0 Å². The molecule has 1 atom stereocenters. The predicted octanol–water partition coefficient (Wildman–Crippen LogP) is 1.91. The van der Waals surface area contributed by atoms with Gasteiger partial charge in [-0.2, -0.15) is 0 Å². The summed E-state index contributed by atoms with van der Waals surface area (Å²) >= 11 is 0. The van der Waals surface area contributed by atoms with Crippen molar-refractivity contribution in [2.24, 2.45) is 7.05 Å². The minimum atomic E-state index is -0.453. The van der Waals surface area contributed by atoms with Crippen LogP contribution in [0, 0.1) is 10.1 Å². The average Bonchev–Trinajstić information content (AvgIpc) is 2.56. The van der Waals surface area contributed by atoms with Gasteiger partial charge in [-0.1, -0.05) is 0 Å². The Balaban J connectivity index is 2.31. The van der Waals surface area contributed by atoms with Crippen molar-refractivity contribution in [2.75, 3.05) is 32.2 Å². The first kappa shape index (κ1) is 17.9. The SMILES string of the molecule is COCCOCC(C)Nc1cc(=O)n(C)c2ccc([N+](=O)[O-])cc12. The van der Waals surface area contributed by atoms with Crippen molar-refractivity contribution in [3.05, 3.63) is 44.7 Å². The Bertz CT molecular complexity index is 787. The van der Waals surface area contributed by atoms with Crippen LogP contribution in [0.15, 0.2) is 29.1 Å². The molecule has 1 unspecified atom stereocenters. The molecule has 130 valence electrons. The second-order valence-electron chi connectivity index (χ2n) is 5.53. The van der Waals surface area contributed by atoms with Crippen LogP contribution in [0.5, 0.6) is 0 Å². The maximum atomic E-state index is 12.1. The third-order valence-corrected chi connectivity index (χ3v) is 3.64. The second kappa shape index (κ2) is 7.89. The van der Waals surface area contributed by atoms with Gasteiger partial charge in [0.1, 0.15) is 0 Å². The lowest BCUT2D eigenvalue weighted by Crippen LogP contribution is -2.25. The van der Waals surface area contributed by atoms with Gasteiger partial charge in [0.15, 0.2) is 0 Å². The maximum absolute atomic E-state index is 12.1. The molecule has 0 spiro atoms. The number of non-ortho nitro benzene ring substituents is 1. The summed E-state index contributed by atoms with van der Waals surface area (Å²) in [5.74, 6) is 0. The smallest absolute Gasteiger partial charge is 0.270 e. The van der Waals surface area contributed by atoms with Crippen LogP contribution in [-0.2, 0) is 16.5 Å². The summed E-state index contributed by atoms with van der Waals surface area (Å²) < 4.78 is 11.8. The van der Waals surface area contributed by atoms with Crippen molar-refractivity contribution in [3.63, 3.8) is 0 Å². The van der Waals surface area contributed by atoms with E-state index >= 15 is 0 Å². The Morgan fingerprint density at radius 2 is 2.08 bits per heavy atom. The highest BCUT2D eigenvalue weighted by atomic mass is 16.6. The van der Waals surface area contributed by atoms with Gasteiger partial charge >= 0.3 is 0 Å². The Kier molecular flexibility index (Phi) is 5.88. The van der Waals surface area contributed by atoms with E-state index in [0.29, 0.717) is 36.4 Å². The molecule has 1 aromatic carbocycles. The van der Waals surface area contributed by atoms with Gasteiger partial charge in [-0.15, -0.1) is 0 Å². The van der Waals surface area contributed by atoms with Crippen LogP contribution in [0.25, 0.3) is 10.9 Å². The summed E-state index contributed by atoms with van der Waals surface area (Å²) in [6, 6.07) is 5.81. The zero-order valence-electron chi connectivity index (χ0n) is 13.9. The van der Waals surface area contributed by atoms with Crippen molar-refractivity contribution < 1.29 is 14.4 Å². The molecule has 1 N–H and O–H groups in total. The molecule has 0 aliphatic carbocycles. The normalized spacial score (nSPS) is 12.3. The van der Waals surface area contributed by atoms with E-state index in [0.717, 1.165) is 0 Å². The van der Waals surface area contributed by atoms with Gasteiger partial charge in [0.25, 0.3) is 11.2 Å². The molecule has 0 saturated heterocycles. The third kappa shape index (κ3) is 4.09. The van der Waals surface area contributed by atoms with E-state index in [4.69, 9.17) is 9.47 Å². The van der Waals surface area contributed by atoms with E-state index in [2.05, 4.69) is 5.32 Å². The molecule has 0 fully saturated rings. The molecule has 0 saturated carbocycles. The molecular formula is C16H21N3O5. The van der Waals surface area contributed by atoms with Crippen molar-refractivity contribution in [1.29, 1.82) is 0 Å². The zero-order valence-corrected chi connectivity index (χ0v) is 13.9. The molecule has 8 nitrogen and oxygen atoms in total. The lowest BCUT2D eigenvalue weighted by molar-refractivity contribution is -0.384. The molecule has 0 aliphatic heterocycles. The van der Waals surface area contributed by atoms with Crippen LogP contribution in [0.3, 0.4) is 0 Å². The van der Waals surface area contributed by atoms with Gasteiger partial charge in [-0.25, -0.2) is 0 Å². The molecule has 0 radical (unpaired) electrons. The van der Waals surface area contributed by atoms with Crippen LogP contribution < -0.4 is 10.9 Å². The quantitative estimate of drug-likeness (QED) is 0.450. The fourth-order valence-electron chi connectivity index (χ4n) is 2.39. The number of pyridine rings is 1. The summed E-state index contributed by atoms with van der Waals surface area (Å²) in [5, 5.41) is 14.8. The number of nitro groups is 1. The largest absolute Gasteiger partial charge is 0.382 e. The fourth-order valence-corrected chi connectivity index (χ4v) is 2.39. The van der Waals surface area contributed by atoms with E-state index in [-0.39, 0.29) is 17.3 Å². The Morgan fingerprint density at radius 3 is 2.75 bits per heavy atom. The fraction of sp³-hybridized carbons (Fsp3) is 0.438. The van der Waals surface area contributed by atoms with Crippen molar-refractivity contribution in [1.82, 2.24) is 4.57 Å². The molecule has 0 aliphatic rings. The summed E-state index contributed by atoms with van der Waals surface area (Å²) in [6.45, 7) is 3.32. The van der Waals surface area contributed by atoms with Crippen LogP contribution in [0.1, 0.15) is 6.92 Å². The van der Waals surface area contributed by atoms with Gasteiger partial charge in [0.05, 0.1) is 30.3 Å². The van der Waals surface area contributed by atoms with Crippen molar-refractivity contribution in [3.8, 4) is 0 Å². The predicted molar refractivity (Wildman–Crippen MR) is 91.6 cm³/mol. The summed E-state index contributed by atoms with van der Waals surface area (Å²) in [6.07, 6.45) is 0. The lowest BCUT2D eigenvalue weighted by Gasteiger charge is -2.18. The molecule has 8 heteroatoms. The first-order chi connectivity index (χ1) is 11.4. The molecule has 1 aromatic heterocycles. The number of nitro benzene ring substituents is 1. The number of nitrogens with zero attached hydrogens (tertiary/aromatic N) is 2. The number of nitrogens with one attached hydrogen (secondary N) is 1. The van der Waals surface area contributed by atoms with Crippen molar-refractivity contribution >= 4 is 22.3 Å². The van der Waals surface area contributed by atoms with Gasteiger partial charge in [0, 0.05) is 49.5 Å². The standard InChI is InChI=1S/C16H21N3O5/c1-11(10-24-7-6-23-3)17-14-9-16(20)18(2)15-5-4-12(19(21)22)8-13(14)15/h4-5,8-9,11,17H,6-7,10H2,1-3H3. The van der Waals surface area contributed by atoms with E-state index in [9.17, 15) is 14.9 Å². The van der Waals surface area contributed by atoms with E-state index in [1.165, 1.54) is 22.8 Å². The maximum Gasteiger partial charge on any atom is 0.270 e. The number of anilines is 1. The zero-order chi connectivity index (χ0) is 17.7. The van der Waals surface area contributed by atoms with Gasteiger partial charge in [-0.05, 0) is 13.0 Å². The van der Waals surface area contributed by atoms with Crippen LogP contribution in [0.2, 0.25) is 0 Å². The van der Waals surface area contributed by atoms with E-state index in [1.54, 1.807) is 20.2 Å². The number of hydrogen-bond acceptors (Lipinski definition) is 6. The van der Waals surface area contributed by atoms with Crippen LogP contribution in [0.4, 0.5) is 11.4 Å². The lowest BCUT2D eigenvalue weighted by atomic mass is 10.1. The van der Waals surface area contributed by atoms with Crippen molar-refractivity contribution in [2.45, 2.75) is 13.0 Å². The Labute approximate surface area is 139 Å². The second-order valence-corrected chi connectivity index (χ2v) is 5.53. The number of aryl methyl sites for hydroxylation is 1. The highest BCUT2D eigenvalue weighted by Crippen LogP contribution is 2.26. The number of aromatic nitrogens is 1. The minimum absolute atomic E-state index is 0.0202. The van der Waals surface area contributed by atoms with Crippen LogP contribution in [-0.4, -0.2) is 42.5 Å². The van der Waals surface area contributed by atoms with E-state index in [1.807, 2.05) is 6.92 Å². The molecular weight excluding hydrogens is 314 g/mol. The Morgan fingerprint density at radius 1 is 1.33 bits per heavy atom. The van der Waals surface area contributed by atoms with Gasteiger partial charge < -0.3 is 19.4 Å². The molecule has 0 amide bonds. The highest BCUT2D eigenvalue weighted by Gasteiger charge is 2.13. The molecule has 2 aromatic rings. The summed E-state index contributed by atoms with van der Waals surface area (Å²) in [5.41, 5.74) is 0.974. The van der Waals surface area contributed by atoms with Gasteiger partial charge in [-0.3, -0.25) is 14.9 Å². The third-order valence-electron chi connectivity index (χ3n) is 3.64. The highest BCUT2D eigenvalue weighted by molar-refractivity contribution is 5.93. The number of benzene rings is 1.